The smallest absolute Gasteiger partial charge is 0.128 e. The Labute approximate surface area is 61.3 Å². The number of aryl methyl sites for hydroxylation is 1. The number of pyridine rings is 1. The van der Waals surface area contributed by atoms with Crippen molar-refractivity contribution in [2.24, 2.45) is 0 Å². The molecule has 0 saturated heterocycles. The topological polar surface area (TPSA) is 24.9 Å². The van der Waals surface area contributed by atoms with Crippen LogP contribution in [0.15, 0.2) is 18.3 Å². The molecule has 0 aliphatic rings. The van der Waals surface area contributed by atoms with Gasteiger partial charge in [0.05, 0.1) is 0 Å². The minimum Gasteiger partial charge on any atom is -0.370 e. The second-order valence-electron chi connectivity index (χ2n) is 2.20. The standard InChI is InChI=1S/C8H12N2/c1-3-9-8-7(2)5-4-6-10-8/h4-6H,3H2,1-2H3,(H,9,10). The van der Waals surface area contributed by atoms with E-state index in [4.69, 9.17) is 0 Å². The van der Waals surface area contributed by atoms with Gasteiger partial charge in [-0.1, -0.05) is 6.07 Å². The Morgan fingerprint density at radius 3 is 3.00 bits per heavy atom. The van der Waals surface area contributed by atoms with Crippen LogP contribution < -0.4 is 5.32 Å². The van der Waals surface area contributed by atoms with Crippen molar-refractivity contribution < 1.29 is 0 Å². The quantitative estimate of drug-likeness (QED) is 0.670. The van der Waals surface area contributed by atoms with Gasteiger partial charge in [0, 0.05) is 12.7 Å². The van der Waals surface area contributed by atoms with Crippen LogP contribution in [0.3, 0.4) is 0 Å². The summed E-state index contributed by atoms with van der Waals surface area (Å²) in [4.78, 5) is 4.16. The van der Waals surface area contributed by atoms with E-state index in [-0.39, 0.29) is 0 Å². The molecular formula is C8H12N2. The molecule has 0 radical (unpaired) electrons. The average Bonchev–Trinajstić information content (AvgIpc) is 1.94. The first kappa shape index (κ1) is 7.06. The van der Waals surface area contributed by atoms with Crippen molar-refractivity contribution in [3.63, 3.8) is 0 Å². The van der Waals surface area contributed by atoms with Crippen LogP contribution in [-0.4, -0.2) is 11.5 Å². The van der Waals surface area contributed by atoms with Gasteiger partial charge in [0.15, 0.2) is 0 Å². The van der Waals surface area contributed by atoms with Crippen LogP contribution in [-0.2, 0) is 0 Å². The molecule has 0 saturated carbocycles. The Morgan fingerprint density at radius 1 is 1.60 bits per heavy atom. The van der Waals surface area contributed by atoms with Gasteiger partial charge < -0.3 is 5.32 Å². The number of nitrogens with one attached hydrogen (secondary N) is 1. The molecule has 0 aliphatic carbocycles. The molecule has 1 aromatic heterocycles. The fourth-order valence-electron chi connectivity index (χ4n) is 0.838. The zero-order chi connectivity index (χ0) is 7.40. The summed E-state index contributed by atoms with van der Waals surface area (Å²) in [6.07, 6.45) is 1.80. The summed E-state index contributed by atoms with van der Waals surface area (Å²) in [6, 6.07) is 3.99. The van der Waals surface area contributed by atoms with Gasteiger partial charge >= 0.3 is 0 Å². The number of anilines is 1. The number of hydrogen-bond donors (Lipinski definition) is 1. The molecule has 1 aromatic rings. The van der Waals surface area contributed by atoms with Crippen LogP contribution in [0, 0.1) is 6.92 Å². The van der Waals surface area contributed by atoms with Gasteiger partial charge in [-0.05, 0) is 25.5 Å². The molecule has 0 fully saturated rings. The molecule has 0 aliphatic heterocycles. The minimum atomic E-state index is 0.928. The maximum absolute atomic E-state index is 4.16. The molecule has 0 aromatic carbocycles. The third kappa shape index (κ3) is 1.47. The Balaban J connectivity index is 2.81. The van der Waals surface area contributed by atoms with Gasteiger partial charge in [0.1, 0.15) is 5.82 Å². The van der Waals surface area contributed by atoms with Crippen molar-refractivity contribution in [1.29, 1.82) is 0 Å². The van der Waals surface area contributed by atoms with Gasteiger partial charge in [-0.2, -0.15) is 0 Å². The van der Waals surface area contributed by atoms with E-state index in [0.29, 0.717) is 0 Å². The molecule has 0 unspecified atom stereocenters. The molecule has 2 heteroatoms. The summed E-state index contributed by atoms with van der Waals surface area (Å²) in [7, 11) is 0. The SMILES string of the molecule is CCNc1ncccc1C. The van der Waals surface area contributed by atoms with Gasteiger partial charge in [-0.25, -0.2) is 4.98 Å². The first-order valence-corrected chi connectivity index (χ1v) is 3.50. The van der Waals surface area contributed by atoms with E-state index in [1.807, 2.05) is 19.1 Å². The van der Waals surface area contributed by atoms with E-state index in [9.17, 15) is 0 Å². The zero-order valence-corrected chi connectivity index (χ0v) is 6.39. The predicted molar refractivity (Wildman–Crippen MR) is 43.1 cm³/mol. The van der Waals surface area contributed by atoms with E-state index >= 15 is 0 Å². The molecule has 10 heavy (non-hydrogen) atoms. The molecular weight excluding hydrogens is 124 g/mol. The molecule has 1 heterocycles. The third-order valence-electron chi connectivity index (χ3n) is 1.35. The maximum Gasteiger partial charge on any atom is 0.128 e. The summed E-state index contributed by atoms with van der Waals surface area (Å²) in [6.45, 7) is 5.04. The van der Waals surface area contributed by atoms with Crippen LogP contribution in [0.2, 0.25) is 0 Å². The highest BCUT2D eigenvalue weighted by Crippen LogP contribution is 2.07. The van der Waals surface area contributed by atoms with E-state index in [2.05, 4.69) is 17.2 Å². The second kappa shape index (κ2) is 3.20. The number of rotatable bonds is 2. The summed E-state index contributed by atoms with van der Waals surface area (Å²) in [5.41, 5.74) is 1.20. The highest BCUT2D eigenvalue weighted by atomic mass is 15.0. The molecule has 0 spiro atoms. The van der Waals surface area contributed by atoms with Crippen molar-refractivity contribution in [2.45, 2.75) is 13.8 Å². The lowest BCUT2D eigenvalue weighted by Gasteiger charge is -2.03. The summed E-state index contributed by atoms with van der Waals surface area (Å²) >= 11 is 0. The molecule has 1 N–H and O–H groups in total. The van der Waals surface area contributed by atoms with Crippen LogP contribution >= 0.6 is 0 Å². The first-order chi connectivity index (χ1) is 4.84. The number of nitrogens with zero attached hydrogens (tertiary/aromatic N) is 1. The Bertz CT molecular complexity index is 208. The van der Waals surface area contributed by atoms with Crippen molar-refractivity contribution in [3.05, 3.63) is 23.9 Å². The molecule has 0 bridgehead atoms. The second-order valence-corrected chi connectivity index (χ2v) is 2.20. The van der Waals surface area contributed by atoms with Crippen LogP contribution in [0.25, 0.3) is 0 Å². The van der Waals surface area contributed by atoms with Crippen LogP contribution in [0.4, 0.5) is 5.82 Å². The fraction of sp³-hybridized carbons (Fsp3) is 0.375. The largest absolute Gasteiger partial charge is 0.370 e. The lowest BCUT2D eigenvalue weighted by Crippen LogP contribution is -2.00. The van der Waals surface area contributed by atoms with Crippen LogP contribution in [0.5, 0.6) is 0 Å². The first-order valence-electron chi connectivity index (χ1n) is 3.50. The fourth-order valence-corrected chi connectivity index (χ4v) is 0.838. The highest BCUT2D eigenvalue weighted by molar-refractivity contribution is 5.42. The summed E-state index contributed by atoms with van der Waals surface area (Å²) < 4.78 is 0. The Hall–Kier alpha value is -1.05. The van der Waals surface area contributed by atoms with Gasteiger partial charge in [-0.3, -0.25) is 0 Å². The molecule has 2 nitrogen and oxygen atoms in total. The molecule has 1 rings (SSSR count). The van der Waals surface area contributed by atoms with E-state index in [0.717, 1.165) is 12.4 Å². The van der Waals surface area contributed by atoms with Crippen molar-refractivity contribution >= 4 is 5.82 Å². The zero-order valence-electron chi connectivity index (χ0n) is 6.39. The van der Waals surface area contributed by atoms with E-state index in [1.165, 1.54) is 5.56 Å². The van der Waals surface area contributed by atoms with Crippen molar-refractivity contribution in [1.82, 2.24) is 4.98 Å². The molecule has 54 valence electrons. The third-order valence-corrected chi connectivity index (χ3v) is 1.35. The lowest BCUT2D eigenvalue weighted by atomic mass is 10.3. The predicted octanol–water partition coefficient (Wildman–Crippen LogP) is 1.82. The monoisotopic (exact) mass is 136 g/mol. The van der Waals surface area contributed by atoms with Gasteiger partial charge in [0.25, 0.3) is 0 Å². The average molecular weight is 136 g/mol. The van der Waals surface area contributed by atoms with Crippen molar-refractivity contribution in [3.8, 4) is 0 Å². The number of hydrogen-bond acceptors (Lipinski definition) is 2. The summed E-state index contributed by atoms with van der Waals surface area (Å²) in [5.74, 6) is 0.991. The maximum atomic E-state index is 4.16. The number of aromatic nitrogens is 1. The van der Waals surface area contributed by atoms with E-state index in [1.54, 1.807) is 6.20 Å². The van der Waals surface area contributed by atoms with Crippen LogP contribution in [0.1, 0.15) is 12.5 Å². The molecule has 0 atom stereocenters. The van der Waals surface area contributed by atoms with Gasteiger partial charge in [0.2, 0.25) is 0 Å². The van der Waals surface area contributed by atoms with E-state index < -0.39 is 0 Å². The highest BCUT2D eigenvalue weighted by Gasteiger charge is 1.92. The van der Waals surface area contributed by atoms with Gasteiger partial charge in [-0.15, -0.1) is 0 Å². The minimum absolute atomic E-state index is 0.928. The Morgan fingerprint density at radius 2 is 2.40 bits per heavy atom. The lowest BCUT2D eigenvalue weighted by molar-refractivity contribution is 1.14. The molecule has 0 amide bonds. The summed E-state index contributed by atoms with van der Waals surface area (Å²) in [5, 5.41) is 3.16. The Kier molecular flexibility index (Phi) is 2.26. The normalized spacial score (nSPS) is 9.40. The van der Waals surface area contributed by atoms with Crippen molar-refractivity contribution in [2.75, 3.05) is 11.9 Å².